The lowest BCUT2D eigenvalue weighted by Gasteiger charge is -2.44. The summed E-state index contributed by atoms with van der Waals surface area (Å²) in [5.74, 6) is -0.0844. The van der Waals surface area contributed by atoms with Gasteiger partial charge in [-0.25, -0.2) is 0 Å². The highest BCUT2D eigenvalue weighted by Crippen LogP contribution is 2.29. The normalized spacial score (nSPS) is 19.4. The van der Waals surface area contributed by atoms with Gasteiger partial charge in [0.05, 0.1) is 13.2 Å². The molecule has 1 aliphatic rings. The van der Waals surface area contributed by atoms with E-state index in [4.69, 9.17) is 4.74 Å². The minimum absolute atomic E-state index is 0.0358. The van der Waals surface area contributed by atoms with E-state index in [1.807, 2.05) is 63.4 Å². The monoisotopic (exact) mass is 409 g/mol. The number of benzene rings is 1. The molecule has 0 spiro atoms. The average molecular weight is 410 g/mol. The van der Waals surface area contributed by atoms with Crippen molar-refractivity contribution in [1.82, 2.24) is 14.8 Å². The molecule has 2 amide bonds. The lowest BCUT2D eigenvalue weighted by molar-refractivity contribution is -0.175. The number of amides is 2. The first-order valence-corrected chi connectivity index (χ1v) is 10.3. The van der Waals surface area contributed by atoms with Gasteiger partial charge in [-0.1, -0.05) is 51.1 Å². The second-order valence-corrected chi connectivity index (χ2v) is 9.13. The molecule has 0 unspecified atom stereocenters. The third kappa shape index (κ3) is 4.70. The number of rotatable bonds is 4. The van der Waals surface area contributed by atoms with Crippen molar-refractivity contribution in [3.8, 4) is 11.1 Å². The van der Waals surface area contributed by atoms with Gasteiger partial charge in [-0.2, -0.15) is 0 Å². The van der Waals surface area contributed by atoms with Gasteiger partial charge < -0.3 is 14.5 Å². The van der Waals surface area contributed by atoms with E-state index in [0.717, 1.165) is 16.7 Å². The molecule has 0 bridgehead atoms. The zero-order chi connectivity index (χ0) is 21.9. The first-order valence-electron chi connectivity index (χ1n) is 10.3. The Hall–Kier alpha value is -2.73. The van der Waals surface area contributed by atoms with Crippen LogP contribution in [0.1, 0.15) is 26.3 Å². The second kappa shape index (κ2) is 8.56. The molecule has 1 atom stereocenters. The summed E-state index contributed by atoms with van der Waals surface area (Å²) in [5.41, 5.74) is 1.50. The minimum Gasteiger partial charge on any atom is -0.361 e. The third-order valence-corrected chi connectivity index (χ3v) is 5.35. The fourth-order valence-electron chi connectivity index (χ4n) is 3.83. The largest absolute Gasteiger partial charge is 0.361 e. The van der Waals surface area contributed by atoms with E-state index in [1.54, 1.807) is 30.1 Å². The first-order chi connectivity index (χ1) is 14.1. The van der Waals surface area contributed by atoms with Crippen LogP contribution in [0.3, 0.4) is 0 Å². The molecular formula is C24H31N3O3. The Balaban J connectivity index is 1.87. The Bertz CT molecular complexity index is 888. The topological polar surface area (TPSA) is 62.7 Å². The molecule has 0 radical (unpaired) electrons. The van der Waals surface area contributed by atoms with Crippen molar-refractivity contribution in [3.63, 3.8) is 0 Å². The van der Waals surface area contributed by atoms with Gasteiger partial charge in [0, 0.05) is 44.9 Å². The van der Waals surface area contributed by atoms with Gasteiger partial charge in [-0.05, 0) is 22.8 Å². The second-order valence-electron chi connectivity index (χ2n) is 9.13. The summed E-state index contributed by atoms with van der Waals surface area (Å²) in [7, 11) is 3.45. The molecule has 2 heterocycles. The number of morpholine rings is 1. The van der Waals surface area contributed by atoms with Crippen molar-refractivity contribution < 1.29 is 14.3 Å². The van der Waals surface area contributed by atoms with Crippen LogP contribution in [0.2, 0.25) is 0 Å². The highest BCUT2D eigenvalue weighted by atomic mass is 16.5. The van der Waals surface area contributed by atoms with Crippen molar-refractivity contribution in [2.45, 2.75) is 32.8 Å². The predicted octanol–water partition coefficient (Wildman–Crippen LogP) is 3.02. The van der Waals surface area contributed by atoms with Gasteiger partial charge in [-0.3, -0.25) is 14.6 Å². The molecule has 0 saturated carbocycles. The Morgan fingerprint density at radius 2 is 1.83 bits per heavy atom. The molecule has 160 valence electrons. The molecule has 1 aromatic carbocycles. The predicted molar refractivity (Wildman–Crippen MR) is 117 cm³/mol. The highest BCUT2D eigenvalue weighted by molar-refractivity contribution is 5.88. The van der Waals surface area contributed by atoms with Crippen LogP contribution in [0.5, 0.6) is 0 Å². The quantitative estimate of drug-likeness (QED) is 0.779. The SMILES string of the molecule is CN(C)C(=O)[C@]1(Cc2ccc(-c3cccnc3)cc2)CN(C(=O)C(C)(C)C)CCO1. The van der Waals surface area contributed by atoms with Gasteiger partial charge >= 0.3 is 0 Å². The van der Waals surface area contributed by atoms with Crippen LogP contribution in [0.25, 0.3) is 11.1 Å². The molecule has 1 fully saturated rings. The Morgan fingerprint density at radius 1 is 1.13 bits per heavy atom. The Kier molecular flexibility index (Phi) is 6.27. The van der Waals surface area contributed by atoms with Crippen LogP contribution < -0.4 is 0 Å². The zero-order valence-corrected chi connectivity index (χ0v) is 18.5. The number of nitrogens with zero attached hydrogens (tertiary/aromatic N) is 3. The Morgan fingerprint density at radius 3 is 2.40 bits per heavy atom. The molecule has 0 aliphatic carbocycles. The van der Waals surface area contributed by atoms with Crippen LogP contribution >= 0.6 is 0 Å². The summed E-state index contributed by atoms with van der Waals surface area (Å²) < 4.78 is 6.11. The number of aromatic nitrogens is 1. The molecule has 0 N–H and O–H groups in total. The van der Waals surface area contributed by atoms with Gasteiger partial charge in [-0.15, -0.1) is 0 Å². The van der Waals surface area contributed by atoms with Crippen molar-refractivity contribution in [2.75, 3.05) is 33.8 Å². The molecule has 1 saturated heterocycles. The number of hydrogen-bond donors (Lipinski definition) is 0. The lowest BCUT2D eigenvalue weighted by atomic mass is 9.88. The summed E-state index contributed by atoms with van der Waals surface area (Å²) >= 11 is 0. The number of carbonyl (C=O) groups is 2. The van der Waals surface area contributed by atoms with Crippen LogP contribution in [-0.4, -0.2) is 66.0 Å². The van der Waals surface area contributed by atoms with Crippen LogP contribution in [0, 0.1) is 5.41 Å². The van der Waals surface area contributed by atoms with Gasteiger partial charge in [0.2, 0.25) is 5.91 Å². The van der Waals surface area contributed by atoms with Crippen molar-refractivity contribution >= 4 is 11.8 Å². The molecule has 30 heavy (non-hydrogen) atoms. The van der Waals surface area contributed by atoms with Crippen molar-refractivity contribution in [1.29, 1.82) is 0 Å². The summed E-state index contributed by atoms with van der Waals surface area (Å²) in [4.78, 5) is 33.6. The van der Waals surface area contributed by atoms with E-state index in [1.165, 1.54) is 0 Å². The fraction of sp³-hybridized carbons (Fsp3) is 0.458. The number of pyridine rings is 1. The highest BCUT2D eigenvalue weighted by Gasteiger charge is 2.47. The van der Waals surface area contributed by atoms with Crippen LogP contribution in [0.4, 0.5) is 0 Å². The standard InChI is InChI=1S/C24H31N3O3/c1-23(2,3)21(28)27-13-14-30-24(17-27,22(29)26(4)5)15-18-8-10-19(11-9-18)20-7-6-12-25-16-20/h6-12,16H,13-15,17H2,1-5H3/t24-/m0/s1. The molecular weight excluding hydrogens is 378 g/mol. The molecule has 2 aromatic rings. The maximum Gasteiger partial charge on any atom is 0.256 e. The summed E-state index contributed by atoms with van der Waals surface area (Å²) in [6, 6.07) is 12.0. The third-order valence-electron chi connectivity index (χ3n) is 5.35. The summed E-state index contributed by atoms with van der Waals surface area (Å²) in [6.07, 6.45) is 3.98. The van der Waals surface area contributed by atoms with Crippen molar-refractivity contribution in [3.05, 3.63) is 54.4 Å². The van der Waals surface area contributed by atoms with E-state index in [-0.39, 0.29) is 18.4 Å². The first kappa shape index (κ1) is 22.0. The van der Waals surface area contributed by atoms with Gasteiger partial charge in [0.25, 0.3) is 5.91 Å². The van der Waals surface area contributed by atoms with E-state index >= 15 is 0 Å². The smallest absolute Gasteiger partial charge is 0.256 e. The van der Waals surface area contributed by atoms with E-state index in [0.29, 0.717) is 19.6 Å². The number of ether oxygens (including phenoxy) is 1. The number of carbonyl (C=O) groups excluding carboxylic acids is 2. The van der Waals surface area contributed by atoms with Crippen molar-refractivity contribution in [2.24, 2.45) is 5.41 Å². The minimum atomic E-state index is -1.08. The maximum absolute atomic E-state index is 13.2. The van der Waals surface area contributed by atoms with E-state index < -0.39 is 11.0 Å². The van der Waals surface area contributed by atoms with E-state index in [2.05, 4.69) is 4.98 Å². The molecule has 3 rings (SSSR count). The number of hydrogen-bond acceptors (Lipinski definition) is 4. The van der Waals surface area contributed by atoms with E-state index in [9.17, 15) is 9.59 Å². The summed E-state index contributed by atoms with van der Waals surface area (Å²) in [6.45, 7) is 6.80. The average Bonchev–Trinajstić information content (AvgIpc) is 2.73. The molecule has 1 aliphatic heterocycles. The molecule has 1 aromatic heterocycles. The zero-order valence-electron chi connectivity index (χ0n) is 18.5. The molecule has 6 heteroatoms. The van der Waals surface area contributed by atoms with Gasteiger partial charge in [0.15, 0.2) is 5.60 Å². The van der Waals surface area contributed by atoms with Crippen LogP contribution in [0.15, 0.2) is 48.8 Å². The molecule has 6 nitrogen and oxygen atoms in total. The Labute approximate surface area is 178 Å². The van der Waals surface area contributed by atoms with Crippen LogP contribution in [-0.2, 0) is 20.7 Å². The summed E-state index contributed by atoms with van der Waals surface area (Å²) in [5, 5.41) is 0. The lowest BCUT2D eigenvalue weighted by Crippen LogP contribution is -2.62. The number of likely N-dealkylation sites (N-methyl/N-ethyl adjacent to an activating group) is 1. The fourth-order valence-corrected chi connectivity index (χ4v) is 3.83. The van der Waals surface area contributed by atoms with Gasteiger partial charge in [0.1, 0.15) is 0 Å². The maximum atomic E-state index is 13.2.